The lowest BCUT2D eigenvalue weighted by atomic mass is 10.1. The average molecular weight is 537 g/mol. The highest BCUT2D eigenvalue weighted by Gasteiger charge is 2.08. The van der Waals surface area contributed by atoms with Crippen LogP contribution in [0.2, 0.25) is 0 Å². The molecule has 0 unspecified atom stereocenters. The Kier molecular flexibility index (Phi) is 8.48. The molecule has 0 aliphatic carbocycles. The van der Waals surface area contributed by atoms with Crippen molar-refractivity contribution in [3.63, 3.8) is 0 Å². The molecule has 38 heavy (non-hydrogen) atoms. The van der Waals surface area contributed by atoms with Crippen molar-refractivity contribution in [2.75, 3.05) is 11.4 Å². The summed E-state index contributed by atoms with van der Waals surface area (Å²) < 4.78 is 2.25. The second kappa shape index (κ2) is 12.5. The molecule has 0 bridgehead atoms. The van der Waals surface area contributed by atoms with Crippen molar-refractivity contribution in [1.29, 1.82) is 0 Å². The van der Waals surface area contributed by atoms with Crippen LogP contribution in [0.4, 0.5) is 5.69 Å². The van der Waals surface area contributed by atoms with Crippen molar-refractivity contribution < 1.29 is 4.79 Å². The van der Waals surface area contributed by atoms with Gasteiger partial charge in [0.15, 0.2) is 4.34 Å². The number of hydrazone groups is 1. The van der Waals surface area contributed by atoms with Crippen LogP contribution in [-0.2, 0) is 12.3 Å². The summed E-state index contributed by atoms with van der Waals surface area (Å²) in [5.74, 6) is 0.569. The molecule has 4 aromatic carbocycles. The smallest absolute Gasteiger partial charge is 0.271 e. The molecule has 1 amide bonds. The number of nitrogens with one attached hydrogen (secondary N) is 1. The highest BCUT2D eigenvalue weighted by atomic mass is 32.2. The quantitative estimate of drug-likeness (QED) is 0.115. The van der Waals surface area contributed by atoms with Gasteiger partial charge in [-0.1, -0.05) is 78.5 Å². The van der Waals surface area contributed by atoms with E-state index in [0.717, 1.165) is 45.5 Å². The fourth-order valence-electron chi connectivity index (χ4n) is 4.00. The zero-order chi connectivity index (χ0) is 26.2. The van der Waals surface area contributed by atoms with Gasteiger partial charge in [-0.3, -0.25) is 4.79 Å². The van der Waals surface area contributed by atoms with Crippen LogP contribution in [0.15, 0.2) is 113 Å². The number of thiazole rings is 1. The summed E-state index contributed by atoms with van der Waals surface area (Å²) in [6.07, 6.45) is 1.66. The second-order valence-electron chi connectivity index (χ2n) is 8.72. The molecule has 0 aliphatic heterocycles. The van der Waals surface area contributed by atoms with E-state index in [9.17, 15) is 4.79 Å². The average Bonchev–Trinajstić information content (AvgIpc) is 3.39. The summed E-state index contributed by atoms with van der Waals surface area (Å²) in [7, 11) is 0. The van der Waals surface area contributed by atoms with Crippen molar-refractivity contribution in [3.8, 4) is 0 Å². The number of rotatable bonds is 10. The van der Waals surface area contributed by atoms with Gasteiger partial charge in [-0.25, -0.2) is 10.4 Å². The van der Waals surface area contributed by atoms with Gasteiger partial charge in [0.05, 0.1) is 16.4 Å². The van der Waals surface area contributed by atoms with Crippen molar-refractivity contribution >= 4 is 51.1 Å². The molecular weight excluding hydrogens is 509 g/mol. The molecule has 5 nitrogen and oxygen atoms in total. The summed E-state index contributed by atoms with van der Waals surface area (Å²) in [5.41, 5.74) is 8.74. The van der Waals surface area contributed by atoms with Crippen LogP contribution in [-0.4, -0.2) is 23.7 Å². The Hall–Kier alpha value is -3.94. The number of aromatic nitrogens is 1. The Morgan fingerprint density at radius 3 is 2.39 bits per heavy atom. The highest BCUT2D eigenvalue weighted by Crippen LogP contribution is 2.31. The first-order valence-electron chi connectivity index (χ1n) is 12.5. The summed E-state index contributed by atoms with van der Waals surface area (Å²) in [6, 6.07) is 34.4. The summed E-state index contributed by atoms with van der Waals surface area (Å²) >= 11 is 3.41. The third-order valence-corrected chi connectivity index (χ3v) is 8.34. The number of benzene rings is 4. The van der Waals surface area contributed by atoms with Crippen LogP contribution < -0.4 is 10.3 Å². The molecule has 190 valence electrons. The molecule has 1 aromatic heterocycles. The zero-order valence-electron chi connectivity index (χ0n) is 21.1. The predicted octanol–water partition coefficient (Wildman–Crippen LogP) is 7.38. The number of hydrogen-bond acceptors (Lipinski definition) is 6. The van der Waals surface area contributed by atoms with E-state index in [-0.39, 0.29) is 5.91 Å². The van der Waals surface area contributed by atoms with Gasteiger partial charge in [0.1, 0.15) is 0 Å². The van der Waals surface area contributed by atoms with E-state index in [4.69, 9.17) is 0 Å². The lowest BCUT2D eigenvalue weighted by Gasteiger charge is -2.23. The molecule has 5 aromatic rings. The molecule has 0 radical (unpaired) electrons. The van der Waals surface area contributed by atoms with E-state index in [1.807, 2.05) is 60.7 Å². The van der Waals surface area contributed by atoms with Gasteiger partial charge in [0, 0.05) is 30.1 Å². The van der Waals surface area contributed by atoms with Gasteiger partial charge in [0.2, 0.25) is 0 Å². The Bertz CT molecular complexity index is 1480. The van der Waals surface area contributed by atoms with Crippen LogP contribution in [0.1, 0.15) is 34.0 Å². The van der Waals surface area contributed by atoms with Gasteiger partial charge in [-0.05, 0) is 60.0 Å². The molecule has 7 heteroatoms. The topological polar surface area (TPSA) is 57.6 Å². The fraction of sp³-hybridized carbons (Fsp3) is 0.129. The number of anilines is 1. The van der Waals surface area contributed by atoms with Gasteiger partial charge in [-0.2, -0.15) is 5.10 Å². The number of para-hydroxylation sites is 1. The van der Waals surface area contributed by atoms with E-state index >= 15 is 0 Å². The lowest BCUT2D eigenvalue weighted by molar-refractivity contribution is 0.0955. The number of nitrogens with zero attached hydrogens (tertiary/aromatic N) is 3. The van der Waals surface area contributed by atoms with Crippen molar-refractivity contribution in [3.05, 3.63) is 125 Å². The minimum atomic E-state index is -0.233. The minimum absolute atomic E-state index is 0.233. The Labute approximate surface area is 231 Å². The molecule has 0 aliphatic rings. The Balaban J connectivity index is 1.11. The molecule has 0 fully saturated rings. The molecule has 1 heterocycles. The molecule has 5 rings (SSSR count). The number of carbonyl (C=O) groups excluding carboxylic acids is 1. The molecule has 1 N–H and O–H groups in total. The Morgan fingerprint density at radius 2 is 1.66 bits per heavy atom. The first kappa shape index (κ1) is 25.7. The summed E-state index contributed by atoms with van der Waals surface area (Å²) in [4.78, 5) is 19.5. The largest absolute Gasteiger partial charge is 0.367 e. The van der Waals surface area contributed by atoms with Crippen molar-refractivity contribution in [1.82, 2.24) is 10.4 Å². The highest BCUT2D eigenvalue weighted by molar-refractivity contribution is 8.00. The van der Waals surface area contributed by atoms with Crippen LogP contribution >= 0.6 is 23.1 Å². The lowest BCUT2D eigenvalue weighted by Crippen LogP contribution is -2.21. The molecule has 0 saturated heterocycles. The maximum absolute atomic E-state index is 12.5. The van der Waals surface area contributed by atoms with Gasteiger partial charge < -0.3 is 4.90 Å². The molecule has 0 spiro atoms. The second-order valence-corrected chi connectivity index (χ2v) is 11.0. The van der Waals surface area contributed by atoms with Crippen LogP contribution in [0.3, 0.4) is 0 Å². The summed E-state index contributed by atoms with van der Waals surface area (Å²) in [6.45, 7) is 3.93. The third kappa shape index (κ3) is 6.68. The SMILES string of the molecule is CCN(Cc1ccccc1)c1ccc(/C=N/NC(=O)c2ccc(CSc3nc4ccccc4s3)cc2)cc1. The van der Waals surface area contributed by atoms with Gasteiger partial charge >= 0.3 is 0 Å². The molecule has 0 atom stereocenters. The predicted molar refractivity (Wildman–Crippen MR) is 160 cm³/mol. The number of amides is 1. The van der Waals surface area contributed by atoms with Crippen molar-refractivity contribution in [2.24, 2.45) is 5.10 Å². The van der Waals surface area contributed by atoms with Crippen LogP contribution in [0, 0.1) is 0 Å². The van der Waals surface area contributed by atoms with Crippen LogP contribution in [0.25, 0.3) is 10.2 Å². The number of fused-ring (bicyclic) bond motifs is 1. The molecular formula is C31H28N4OS2. The first-order chi connectivity index (χ1) is 18.7. The minimum Gasteiger partial charge on any atom is -0.367 e. The van der Waals surface area contributed by atoms with E-state index in [0.29, 0.717) is 5.56 Å². The van der Waals surface area contributed by atoms with Gasteiger partial charge in [0.25, 0.3) is 5.91 Å². The number of thioether (sulfide) groups is 1. The monoisotopic (exact) mass is 536 g/mol. The third-order valence-electron chi connectivity index (χ3n) is 6.09. The molecule has 0 saturated carbocycles. The van der Waals surface area contributed by atoms with E-state index in [2.05, 4.69) is 69.8 Å². The van der Waals surface area contributed by atoms with Gasteiger partial charge in [-0.15, -0.1) is 11.3 Å². The fourth-order valence-corrected chi connectivity index (χ4v) is 6.03. The number of carbonyl (C=O) groups is 1. The summed E-state index contributed by atoms with van der Waals surface area (Å²) in [5, 5.41) is 4.15. The standard InChI is InChI=1S/C31H28N4OS2/c1-2-35(21-24-8-4-3-5-9-24)27-18-14-23(15-19-27)20-32-34-30(36)26-16-12-25(13-17-26)22-37-31-33-28-10-6-7-11-29(28)38-31/h3-20H,2,21-22H2,1H3,(H,34,36)/b32-20+. The Morgan fingerprint density at radius 1 is 0.921 bits per heavy atom. The van der Waals surface area contributed by atoms with Crippen LogP contribution in [0.5, 0.6) is 0 Å². The first-order valence-corrected chi connectivity index (χ1v) is 14.3. The normalized spacial score (nSPS) is 11.2. The number of hydrogen-bond donors (Lipinski definition) is 1. The van der Waals surface area contributed by atoms with Crippen molar-refractivity contribution in [2.45, 2.75) is 23.6 Å². The zero-order valence-corrected chi connectivity index (χ0v) is 22.7. The van der Waals surface area contributed by atoms with E-state index < -0.39 is 0 Å². The maximum atomic E-state index is 12.5. The maximum Gasteiger partial charge on any atom is 0.271 e. The van der Waals surface area contributed by atoms with E-state index in [1.165, 1.54) is 10.3 Å². The van der Waals surface area contributed by atoms with E-state index in [1.54, 1.807) is 29.3 Å².